The van der Waals surface area contributed by atoms with Crippen molar-refractivity contribution < 1.29 is 23.1 Å². The molecule has 192 valence electrons. The highest BCUT2D eigenvalue weighted by Gasteiger charge is 2.38. The Balaban J connectivity index is 1.50. The number of nitrogens with one attached hydrogen (secondary N) is 3. The molecule has 8 nitrogen and oxygen atoms in total. The van der Waals surface area contributed by atoms with Crippen molar-refractivity contribution in [3.63, 3.8) is 0 Å². The van der Waals surface area contributed by atoms with Gasteiger partial charge in [0.15, 0.2) is 0 Å². The van der Waals surface area contributed by atoms with Crippen molar-refractivity contribution in [3.05, 3.63) is 100 Å². The van der Waals surface area contributed by atoms with Gasteiger partial charge in [-0.25, -0.2) is 8.78 Å². The number of halogens is 2. The first kappa shape index (κ1) is 25.8. The number of nitrogens with zero attached hydrogens (tertiary/aromatic N) is 1. The Hall–Kier alpha value is -4.31. The molecule has 3 aromatic carbocycles. The van der Waals surface area contributed by atoms with Crippen LogP contribution in [0.1, 0.15) is 39.5 Å². The molecule has 2 amide bonds. The fourth-order valence-electron chi connectivity index (χ4n) is 4.14. The lowest BCUT2D eigenvalue weighted by molar-refractivity contribution is -0.143. The first-order valence-corrected chi connectivity index (χ1v) is 11.7. The molecule has 1 heterocycles. The lowest BCUT2D eigenvalue weighted by Crippen LogP contribution is -2.48. The van der Waals surface area contributed by atoms with Crippen molar-refractivity contribution in [3.8, 4) is 0 Å². The normalized spacial score (nSPS) is 13.3. The number of nitrogens with two attached hydrogens (primary N) is 1. The maximum atomic E-state index is 14.2. The van der Waals surface area contributed by atoms with Gasteiger partial charge in [0, 0.05) is 47.6 Å². The molecule has 1 aliphatic rings. The number of amides is 2. The predicted molar refractivity (Wildman–Crippen MR) is 135 cm³/mol. The summed E-state index contributed by atoms with van der Waals surface area (Å²) >= 11 is 0. The summed E-state index contributed by atoms with van der Waals surface area (Å²) < 4.78 is 33.9. The van der Waals surface area contributed by atoms with Crippen LogP contribution >= 0.6 is 0 Å². The molecule has 1 aliphatic heterocycles. The molecule has 0 bridgehead atoms. The third-order valence-electron chi connectivity index (χ3n) is 6.07. The van der Waals surface area contributed by atoms with E-state index < -0.39 is 23.9 Å². The second-order valence-electron chi connectivity index (χ2n) is 8.46. The number of ether oxygens (including phenoxy) is 1. The molecule has 0 fully saturated rings. The van der Waals surface area contributed by atoms with Gasteiger partial charge >= 0.3 is 0 Å². The van der Waals surface area contributed by atoms with Crippen molar-refractivity contribution in [1.82, 2.24) is 10.2 Å². The summed E-state index contributed by atoms with van der Waals surface area (Å²) in [7, 11) is 0. The van der Waals surface area contributed by atoms with Gasteiger partial charge < -0.3 is 26.0 Å². The SMILES string of the molecule is CCO[C@@H](C(=O)NCc1ccc(C(=N)N)cc1NCc1ccccc1F)N1Cc2c(F)cccc2C1=O. The number of carbonyl (C=O) groups excluding carboxylic acids is 2. The number of carbonyl (C=O) groups is 2. The first-order valence-electron chi connectivity index (χ1n) is 11.7. The van der Waals surface area contributed by atoms with Crippen LogP contribution < -0.4 is 16.4 Å². The van der Waals surface area contributed by atoms with E-state index in [1.54, 1.807) is 43.3 Å². The highest BCUT2D eigenvalue weighted by Crippen LogP contribution is 2.27. The third-order valence-corrected chi connectivity index (χ3v) is 6.07. The van der Waals surface area contributed by atoms with E-state index in [4.69, 9.17) is 15.9 Å². The molecule has 0 aromatic heterocycles. The number of benzene rings is 3. The fourth-order valence-corrected chi connectivity index (χ4v) is 4.14. The fraction of sp³-hybridized carbons (Fsp3) is 0.222. The van der Waals surface area contributed by atoms with Gasteiger partial charge in [-0.05, 0) is 36.8 Å². The van der Waals surface area contributed by atoms with Crippen LogP contribution in [0.25, 0.3) is 0 Å². The van der Waals surface area contributed by atoms with E-state index in [1.165, 1.54) is 29.2 Å². The highest BCUT2D eigenvalue weighted by atomic mass is 19.1. The molecule has 0 radical (unpaired) electrons. The quantitative estimate of drug-likeness (QED) is 0.247. The van der Waals surface area contributed by atoms with Gasteiger partial charge in [-0.3, -0.25) is 15.0 Å². The van der Waals surface area contributed by atoms with Crippen molar-refractivity contribution in [2.24, 2.45) is 5.73 Å². The number of hydrogen-bond donors (Lipinski definition) is 4. The summed E-state index contributed by atoms with van der Waals surface area (Å²) in [5.41, 5.74) is 8.17. The summed E-state index contributed by atoms with van der Waals surface area (Å²) in [5, 5.41) is 13.6. The zero-order valence-electron chi connectivity index (χ0n) is 20.2. The van der Waals surface area contributed by atoms with E-state index >= 15 is 0 Å². The van der Waals surface area contributed by atoms with E-state index in [0.717, 1.165) is 0 Å². The number of hydrogen-bond acceptors (Lipinski definition) is 5. The van der Waals surface area contributed by atoms with E-state index in [2.05, 4.69) is 10.6 Å². The zero-order valence-corrected chi connectivity index (χ0v) is 20.2. The summed E-state index contributed by atoms with van der Waals surface area (Å²) in [6, 6.07) is 15.6. The minimum Gasteiger partial charge on any atom is -0.384 e. The predicted octanol–water partition coefficient (Wildman–Crippen LogP) is 3.50. The maximum Gasteiger partial charge on any atom is 0.270 e. The van der Waals surface area contributed by atoms with Crippen LogP contribution in [-0.2, 0) is 29.2 Å². The Morgan fingerprint density at radius 3 is 2.54 bits per heavy atom. The average Bonchev–Trinajstić information content (AvgIpc) is 3.22. The Morgan fingerprint density at radius 2 is 1.84 bits per heavy atom. The molecular weight excluding hydrogens is 480 g/mol. The zero-order chi connectivity index (χ0) is 26.5. The van der Waals surface area contributed by atoms with Crippen LogP contribution in [0.3, 0.4) is 0 Å². The number of amidine groups is 1. The topological polar surface area (TPSA) is 121 Å². The van der Waals surface area contributed by atoms with Gasteiger partial charge in [0.25, 0.3) is 11.8 Å². The molecule has 0 saturated heterocycles. The Morgan fingerprint density at radius 1 is 1.08 bits per heavy atom. The number of fused-ring (bicyclic) bond motifs is 1. The van der Waals surface area contributed by atoms with E-state index in [1.807, 2.05) is 0 Å². The lowest BCUT2D eigenvalue weighted by atomic mass is 10.1. The number of nitrogen functional groups attached to an aromatic ring is 1. The molecule has 37 heavy (non-hydrogen) atoms. The first-order chi connectivity index (χ1) is 17.8. The highest BCUT2D eigenvalue weighted by molar-refractivity contribution is 6.01. The van der Waals surface area contributed by atoms with Crippen LogP contribution in [0.5, 0.6) is 0 Å². The van der Waals surface area contributed by atoms with Gasteiger partial charge in [-0.2, -0.15) is 0 Å². The molecule has 5 N–H and O–H groups in total. The smallest absolute Gasteiger partial charge is 0.270 e. The molecule has 4 rings (SSSR count). The summed E-state index contributed by atoms with van der Waals surface area (Å²) in [6.45, 7) is 1.98. The molecule has 10 heteroatoms. The van der Waals surface area contributed by atoms with Crippen LogP contribution in [0.15, 0.2) is 60.7 Å². The van der Waals surface area contributed by atoms with E-state index in [-0.39, 0.29) is 49.0 Å². The van der Waals surface area contributed by atoms with Gasteiger partial charge in [0.1, 0.15) is 17.5 Å². The van der Waals surface area contributed by atoms with Crippen molar-refractivity contribution >= 4 is 23.3 Å². The van der Waals surface area contributed by atoms with E-state index in [0.29, 0.717) is 22.4 Å². The molecule has 1 atom stereocenters. The standard InChI is InChI=1S/C27H27F2N5O3/c1-2-37-27(34-15-20-19(26(34)36)7-5-9-22(20)29)25(35)33-14-18-11-10-16(24(30)31)12-23(18)32-13-17-6-3-4-8-21(17)28/h3-12,27,32H,2,13-15H2,1H3,(H3,30,31)(H,33,35)/t27-/m0/s1. The van der Waals surface area contributed by atoms with Crippen LogP contribution in [-0.4, -0.2) is 35.4 Å². The van der Waals surface area contributed by atoms with Gasteiger partial charge in [0.2, 0.25) is 6.23 Å². The second-order valence-corrected chi connectivity index (χ2v) is 8.46. The van der Waals surface area contributed by atoms with Gasteiger partial charge in [-0.15, -0.1) is 0 Å². The monoisotopic (exact) mass is 507 g/mol. The Labute approximate surface area is 212 Å². The molecule has 0 unspecified atom stereocenters. The van der Waals surface area contributed by atoms with Crippen molar-refractivity contribution in [1.29, 1.82) is 5.41 Å². The lowest BCUT2D eigenvalue weighted by Gasteiger charge is -2.26. The molecular formula is C27H27F2N5O3. The number of rotatable bonds is 10. The van der Waals surface area contributed by atoms with E-state index in [9.17, 15) is 18.4 Å². The van der Waals surface area contributed by atoms with Crippen molar-refractivity contribution in [2.45, 2.75) is 32.8 Å². The van der Waals surface area contributed by atoms with Gasteiger partial charge in [0.05, 0.1) is 6.54 Å². The van der Waals surface area contributed by atoms with Crippen LogP contribution in [0.4, 0.5) is 14.5 Å². The number of anilines is 1. The summed E-state index contributed by atoms with van der Waals surface area (Å²) in [6.07, 6.45) is -1.25. The minimum atomic E-state index is -1.25. The average molecular weight is 508 g/mol. The molecule has 0 aliphatic carbocycles. The third kappa shape index (κ3) is 5.59. The molecule has 0 saturated carbocycles. The van der Waals surface area contributed by atoms with Crippen molar-refractivity contribution in [2.75, 3.05) is 11.9 Å². The second kappa shape index (κ2) is 11.2. The largest absolute Gasteiger partial charge is 0.384 e. The maximum absolute atomic E-state index is 14.2. The van der Waals surface area contributed by atoms with Gasteiger partial charge in [-0.1, -0.05) is 36.4 Å². The minimum absolute atomic E-state index is 0.0452. The summed E-state index contributed by atoms with van der Waals surface area (Å²) in [4.78, 5) is 27.2. The summed E-state index contributed by atoms with van der Waals surface area (Å²) in [5.74, 6) is -2.07. The Bertz CT molecular complexity index is 1350. The molecule has 0 spiro atoms. The molecule has 3 aromatic rings. The van der Waals surface area contributed by atoms with Crippen LogP contribution in [0.2, 0.25) is 0 Å². The van der Waals surface area contributed by atoms with Crippen LogP contribution in [0, 0.1) is 17.0 Å². The Kier molecular flexibility index (Phi) is 7.78.